The fourth-order valence-electron chi connectivity index (χ4n) is 1.71. The van der Waals surface area contributed by atoms with Crippen molar-refractivity contribution >= 4 is 34.0 Å². The Morgan fingerprint density at radius 1 is 1.45 bits per heavy atom. The predicted molar refractivity (Wildman–Crippen MR) is 81.3 cm³/mol. The highest BCUT2D eigenvalue weighted by Crippen LogP contribution is 2.23. The number of hydrogen-bond donors (Lipinski definition) is 1. The van der Waals surface area contributed by atoms with Gasteiger partial charge in [0.25, 0.3) is 0 Å². The fraction of sp³-hybridized carbons (Fsp3) is 0.286. The number of hydrogen-bond acceptors (Lipinski definition) is 4. The Labute approximate surface area is 126 Å². The molecule has 4 nitrogen and oxygen atoms in total. The van der Waals surface area contributed by atoms with Crippen LogP contribution in [0.15, 0.2) is 29.6 Å². The van der Waals surface area contributed by atoms with Crippen LogP contribution in [0.5, 0.6) is 0 Å². The molecule has 1 N–H and O–H groups in total. The number of anilines is 1. The highest BCUT2D eigenvalue weighted by Gasteiger charge is 2.19. The fourth-order valence-corrected chi connectivity index (χ4v) is 2.62. The van der Waals surface area contributed by atoms with Crippen molar-refractivity contribution in [2.24, 2.45) is 0 Å². The van der Waals surface area contributed by atoms with Gasteiger partial charge in [-0.15, -0.1) is 11.3 Å². The molecular weight excluding hydrogens is 296 g/mol. The number of amides is 1. The molecule has 0 aliphatic heterocycles. The minimum atomic E-state index is -0.844. The second-order valence-electron chi connectivity index (χ2n) is 4.50. The van der Waals surface area contributed by atoms with Crippen LogP contribution in [0.3, 0.4) is 0 Å². The first-order chi connectivity index (χ1) is 9.47. The molecule has 2 rings (SSSR count). The number of halogens is 1. The van der Waals surface area contributed by atoms with Crippen molar-refractivity contribution in [2.75, 3.05) is 11.9 Å². The first kappa shape index (κ1) is 15.0. The topological polar surface area (TPSA) is 53.4 Å². The molecule has 0 aliphatic rings. The van der Waals surface area contributed by atoms with Gasteiger partial charge >= 0.3 is 0 Å². The third-order valence-electron chi connectivity index (χ3n) is 2.89. The van der Waals surface area contributed by atoms with Crippen LogP contribution < -0.4 is 4.90 Å². The van der Waals surface area contributed by atoms with Gasteiger partial charge in [-0.2, -0.15) is 0 Å². The van der Waals surface area contributed by atoms with Gasteiger partial charge in [-0.3, -0.25) is 9.69 Å². The summed E-state index contributed by atoms with van der Waals surface area (Å²) in [4.78, 5) is 17.8. The van der Waals surface area contributed by atoms with Crippen molar-refractivity contribution in [2.45, 2.75) is 19.4 Å². The number of aryl methyl sites for hydroxylation is 1. The van der Waals surface area contributed by atoms with Crippen LogP contribution in [0.25, 0.3) is 0 Å². The van der Waals surface area contributed by atoms with Crippen LogP contribution in [0.2, 0.25) is 5.02 Å². The Morgan fingerprint density at radius 2 is 2.10 bits per heavy atom. The van der Waals surface area contributed by atoms with Crippen LogP contribution in [-0.4, -0.2) is 23.0 Å². The molecule has 0 bridgehead atoms. The van der Waals surface area contributed by atoms with Crippen molar-refractivity contribution in [1.29, 1.82) is 0 Å². The highest BCUT2D eigenvalue weighted by molar-refractivity contribution is 7.14. The maximum atomic E-state index is 12.1. The summed E-state index contributed by atoms with van der Waals surface area (Å²) in [6.45, 7) is 1.88. The van der Waals surface area contributed by atoms with Crippen LogP contribution in [-0.2, 0) is 4.79 Å². The van der Waals surface area contributed by atoms with E-state index in [1.165, 1.54) is 16.2 Å². The number of benzene rings is 1. The molecule has 0 radical (unpaired) electrons. The molecule has 1 heterocycles. The zero-order valence-electron chi connectivity index (χ0n) is 11.2. The van der Waals surface area contributed by atoms with Crippen molar-refractivity contribution in [3.05, 3.63) is 45.9 Å². The maximum Gasteiger partial charge on any atom is 0.231 e. The molecule has 1 atom stereocenters. The van der Waals surface area contributed by atoms with E-state index in [0.29, 0.717) is 15.7 Å². The third kappa shape index (κ3) is 3.56. The van der Waals surface area contributed by atoms with Gasteiger partial charge in [0.15, 0.2) is 5.13 Å². The summed E-state index contributed by atoms with van der Waals surface area (Å²) in [5, 5.41) is 13.2. The number of thiazole rings is 1. The van der Waals surface area contributed by atoms with Gasteiger partial charge in [0.2, 0.25) is 5.91 Å². The molecule has 1 aromatic heterocycles. The summed E-state index contributed by atoms with van der Waals surface area (Å²) in [7, 11) is 1.66. The molecule has 20 heavy (non-hydrogen) atoms. The smallest absolute Gasteiger partial charge is 0.231 e. The van der Waals surface area contributed by atoms with Crippen molar-refractivity contribution in [1.82, 2.24) is 4.98 Å². The van der Waals surface area contributed by atoms with E-state index in [2.05, 4.69) is 4.98 Å². The third-order valence-corrected chi connectivity index (χ3v) is 4.18. The van der Waals surface area contributed by atoms with Crippen LogP contribution in [0.4, 0.5) is 5.13 Å². The summed E-state index contributed by atoms with van der Waals surface area (Å²) >= 11 is 7.20. The summed E-state index contributed by atoms with van der Waals surface area (Å²) in [6.07, 6.45) is -0.834. The summed E-state index contributed by atoms with van der Waals surface area (Å²) in [5.41, 5.74) is 1.55. The zero-order valence-corrected chi connectivity index (χ0v) is 12.8. The minimum absolute atomic E-state index is 0.0107. The van der Waals surface area contributed by atoms with Gasteiger partial charge in [-0.25, -0.2) is 4.98 Å². The van der Waals surface area contributed by atoms with Crippen LogP contribution in [0, 0.1) is 6.92 Å². The van der Waals surface area contributed by atoms with Gasteiger partial charge in [-0.05, 0) is 24.6 Å². The summed E-state index contributed by atoms with van der Waals surface area (Å²) in [6, 6.07) is 6.82. The van der Waals surface area contributed by atoms with Gasteiger partial charge < -0.3 is 5.11 Å². The molecule has 1 unspecified atom stereocenters. The van der Waals surface area contributed by atoms with Crippen molar-refractivity contribution in [3.8, 4) is 0 Å². The monoisotopic (exact) mass is 310 g/mol. The minimum Gasteiger partial charge on any atom is -0.388 e. The Morgan fingerprint density at radius 3 is 2.65 bits per heavy atom. The first-order valence-electron chi connectivity index (χ1n) is 6.09. The number of aliphatic hydroxyl groups is 1. The number of carbonyl (C=O) groups excluding carboxylic acids is 1. The van der Waals surface area contributed by atoms with E-state index in [9.17, 15) is 9.90 Å². The summed E-state index contributed by atoms with van der Waals surface area (Å²) in [5.74, 6) is -0.179. The molecule has 2 aromatic rings. The van der Waals surface area contributed by atoms with Gasteiger partial charge in [0, 0.05) is 17.5 Å². The molecule has 0 spiro atoms. The molecule has 0 saturated carbocycles. The van der Waals surface area contributed by atoms with E-state index in [4.69, 9.17) is 11.6 Å². The first-order valence-corrected chi connectivity index (χ1v) is 7.35. The lowest BCUT2D eigenvalue weighted by molar-refractivity contribution is -0.120. The Bertz CT molecular complexity index is 597. The lowest BCUT2D eigenvalue weighted by Gasteiger charge is -2.16. The Hall–Kier alpha value is -1.43. The second-order valence-corrected chi connectivity index (χ2v) is 5.77. The van der Waals surface area contributed by atoms with E-state index in [1.54, 1.807) is 31.3 Å². The predicted octanol–water partition coefficient (Wildman–Crippen LogP) is 3.19. The molecule has 0 aliphatic carbocycles. The standard InChI is InChI=1S/C14H15ClN2O2S/c1-9-8-20-14(16-9)17(2)13(19)7-12(18)10-3-5-11(15)6-4-10/h3-6,8,12,18H,7H2,1-2H3. The molecule has 0 fully saturated rings. The molecule has 6 heteroatoms. The van der Waals surface area contributed by atoms with Crippen molar-refractivity contribution < 1.29 is 9.90 Å². The average Bonchev–Trinajstić information content (AvgIpc) is 2.85. The lowest BCUT2D eigenvalue weighted by atomic mass is 10.1. The number of aliphatic hydroxyl groups excluding tert-OH is 1. The average molecular weight is 311 g/mol. The van der Waals surface area contributed by atoms with E-state index in [0.717, 1.165) is 5.69 Å². The molecular formula is C14H15ClN2O2S. The number of nitrogens with zero attached hydrogens (tertiary/aromatic N) is 2. The van der Waals surface area contributed by atoms with E-state index >= 15 is 0 Å². The zero-order chi connectivity index (χ0) is 14.7. The Balaban J connectivity index is 2.02. The quantitative estimate of drug-likeness (QED) is 0.943. The normalized spacial score (nSPS) is 12.2. The number of aromatic nitrogens is 1. The largest absolute Gasteiger partial charge is 0.388 e. The molecule has 0 saturated heterocycles. The van der Waals surface area contributed by atoms with Gasteiger partial charge in [0.1, 0.15) is 0 Å². The Kier molecular flexibility index (Phi) is 4.75. The lowest BCUT2D eigenvalue weighted by Crippen LogP contribution is -2.27. The van der Waals surface area contributed by atoms with Crippen LogP contribution in [0.1, 0.15) is 23.8 Å². The molecule has 1 amide bonds. The van der Waals surface area contributed by atoms with Gasteiger partial charge in [0.05, 0.1) is 18.2 Å². The number of carbonyl (C=O) groups is 1. The van der Waals surface area contributed by atoms with Crippen molar-refractivity contribution in [3.63, 3.8) is 0 Å². The van der Waals surface area contributed by atoms with E-state index in [-0.39, 0.29) is 12.3 Å². The SMILES string of the molecule is Cc1csc(N(C)C(=O)CC(O)c2ccc(Cl)cc2)n1. The van der Waals surface area contributed by atoms with E-state index < -0.39 is 6.10 Å². The molecule has 106 valence electrons. The van der Waals surface area contributed by atoms with Crippen LogP contribution >= 0.6 is 22.9 Å². The number of rotatable bonds is 4. The van der Waals surface area contributed by atoms with E-state index in [1.807, 2.05) is 12.3 Å². The van der Waals surface area contributed by atoms with Gasteiger partial charge in [-0.1, -0.05) is 23.7 Å². The second kappa shape index (κ2) is 6.35. The summed E-state index contributed by atoms with van der Waals surface area (Å²) < 4.78 is 0. The highest BCUT2D eigenvalue weighted by atomic mass is 35.5. The molecule has 1 aromatic carbocycles. The maximum absolute atomic E-state index is 12.1.